The molecule has 2 aliphatic rings. The molecule has 0 bridgehead atoms. The van der Waals surface area contributed by atoms with Gasteiger partial charge in [0.1, 0.15) is 38.0 Å². The number of carboxylic acids is 1. The van der Waals surface area contributed by atoms with E-state index in [1.165, 1.54) is 0 Å². The molecule has 2 fully saturated rings. The van der Waals surface area contributed by atoms with E-state index in [0.717, 1.165) is 0 Å². The minimum absolute atomic E-state index is 0.0567. The van der Waals surface area contributed by atoms with E-state index >= 15 is 0 Å². The van der Waals surface area contributed by atoms with Crippen molar-refractivity contribution in [2.45, 2.75) is 127 Å². The average Bonchev–Trinajstić information content (AvgIpc) is 3.28. The minimum Gasteiger partial charge on any atom is -0.480 e. The lowest BCUT2D eigenvalue weighted by atomic mass is 10.0. The number of carboxylic acid groups (broad SMARTS) is 1. The first kappa shape index (κ1) is 58.9. The molecule has 0 aromatic rings. The fourth-order valence-corrected chi connectivity index (χ4v) is 6.42. The molecular formula is C42H76N4O20. The average molecular weight is 957 g/mol. The Morgan fingerprint density at radius 3 is 1.58 bits per heavy atom. The van der Waals surface area contributed by atoms with Gasteiger partial charge < -0.3 is 94.2 Å². The third kappa shape index (κ3) is 28.2. The molecule has 2 rings (SSSR count). The van der Waals surface area contributed by atoms with Gasteiger partial charge in [0.15, 0.2) is 12.6 Å². The maximum atomic E-state index is 13.3. The number of hydrogen-bond donors (Lipinski definition) is 9. The zero-order valence-corrected chi connectivity index (χ0v) is 38.4. The standard InChI is InChI=1S/C42H76N4O20/c1-29-33(48)9-10-38(65-29)63-23-21-59-15-13-58-18-20-62-28-37(52)45-31(7-3-5-11-43-35(50)26-47)41(54)46-32(42(55)56)8-4-6-12-44-36(51)27-61-19-17-57-14-16-60-22-24-64-39-25-34(49)40(53)30(2)66-39/h29-34,38-40,47-49,53H,3-28H2,1-2H3,(H,43,50)(H,44,51)(H,45,52)(H,46,54)(H,55,56)/t29-,30-,31+,32+,33-,34-,38-,39-,40+/m1/s1. The van der Waals surface area contributed by atoms with E-state index in [1.54, 1.807) is 13.8 Å². The van der Waals surface area contributed by atoms with E-state index in [9.17, 15) is 44.4 Å². The number of carbonyl (C=O) groups is 5. The van der Waals surface area contributed by atoms with Gasteiger partial charge in [-0.25, -0.2) is 4.79 Å². The van der Waals surface area contributed by atoms with Crippen LogP contribution in [0, 0.1) is 0 Å². The van der Waals surface area contributed by atoms with Crippen LogP contribution in [-0.2, 0) is 71.3 Å². The molecular weight excluding hydrogens is 880 g/mol. The summed E-state index contributed by atoms with van der Waals surface area (Å²) in [6.07, 6.45) is -0.956. The molecule has 2 aliphatic heterocycles. The van der Waals surface area contributed by atoms with Crippen LogP contribution in [-0.4, -0.2) is 223 Å². The van der Waals surface area contributed by atoms with Crippen molar-refractivity contribution in [2.75, 3.05) is 112 Å². The van der Waals surface area contributed by atoms with Crippen molar-refractivity contribution in [2.24, 2.45) is 0 Å². The Labute approximate surface area is 386 Å². The Kier molecular flexibility index (Phi) is 32.8. The number of nitrogens with one attached hydrogen (secondary N) is 4. The minimum atomic E-state index is -1.27. The van der Waals surface area contributed by atoms with Crippen LogP contribution in [0.15, 0.2) is 0 Å². The van der Waals surface area contributed by atoms with Gasteiger partial charge in [0, 0.05) is 25.9 Å². The van der Waals surface area contributed by atoms with Crippen LogP contribution >= 0.6 is 0 Å². The third-order valence-electron chi connectivity index (χ3n) is 10.2. The Morgan fingerprint density at radius 1 is 0.561 bits per heavy atom. The van der Waals surface area contributed by atoms with Gasteiger partial charge in [-0.3, -0.25) is 19.2 Å². The number of rotatable bonds is 39. The van der Waals surface area contributed by atoms with Gasteiger partial charge in [-0.05, 0) is 58.8 Å². The number of ether oxygens (including phenoxy) is 10. The summed E-state index contributed by atoms with van der Waals surface area (Å²) in [6.45, 7) is 5.75. The normalized spacial score (nSPS) is 22.8. The van der Waals surface area contributed by atoms with Crippen LogP contribution < -0.4 is 21.3 Å². The van der Waals surface area contributed by atoms with Crippen LogP contribution in [0.4, 0.5) is 0 Å². The third-order valence-corrected chi connectivity index (χ3v) is 10.2. The first-order valence-corrected chi connectivity index (χ1v) is 22.8. The molecule has 0 aromatic carbocycles. The van der Waals surface area contributed by atoms with E-state index in [0.29, 0.717) is 71.6 Å². The van der Waals surface area contributed by atoms with Crippen molar-refractivity contribution in [1.29, 1.82) is 0 Å². The van der Waals surface area contributed by atoms with Gasteiger partial charge in [-0.1, -0.05) is 0 Å². The van der Waals surface area contributed by atoms with Crippen LogP contribution in [0.25, 0.3) is 0 Å². The summed E-state index contributed by atoms with van der Waals surface area (Å²) in [5.74, 6) is -3.50. The molecule has 0 aromatic heterocycles. The lowest BCUT2D eigenvalue weighted by Crippen LogP contribution is -2.52. The van der Waals surface area contributed by atoms with Crippen molar-refractivity contribution in [1.82, 2.24) is 21.3 Å². The summed E-state index contributed by atoms with van der Waals surface area (Å²) in [5.41, 5.74) is 0. The quantitative estimate of drug-likeness (QED) is 0.0287. The Morgan fingerprint density at radius 2 is 1.05 bits per heavy atom. The van der Waals surface area contributed by atoms with E-state index in [4.69, 9.17) is 52.5 Å². The van der Waals surface area contributed by atoms with Crippen LogP contribution in [0.1, 0.15) is 71.6 Å². The van der Waals surface area contributed by atoms with Gasteiger partial charge in [0.2, 0.25) is 23.6 Å². The molecule has 4 amide bonds. The molecule has 24 nitrogen and oxygen atoms in total. The topological polar surface area (TPSA) is 327 Å². The fourth-order valence-electron chi connectivity index (χ4n) is 6.42. The second-order valence-corrected chi connectivity index (χ2v) is 15.6. The number of aliphatic carboxylic acids is 1. The SMILES string of the molecule is C[C@H]1O[C@@H](OCCOCCOCCOCC(=O)NCCCC[C@H](NC(=O)[C@H](CCCCNC(=O)CO)NC(=O)COCCOCCOCCO[C@H]2CC[C@@H](O)[C@@H](C)O2)C(=O)O)C[C@@H](O)[C@H]1O. The molecule has 66 heavy (non-hydrogen) atoms. The highest BCUT2D eigenvalue weighted by atomic mass is 16.7. The van der Waals surface area contributed by atoms with Crippen molar-refractivity contribution >= 4 is 29.6 Å². The molecule has 0 unspecified atom stereocenters. The van der Waals surface area contributed by atoms with Crippen molar-refractivity contribution in [3.05, 3.63) is 0 Å². The van der Waals surface area contributed by atoms with Gasteiger partial charge in [-0.2, -0.15) is 0 Å². The highest BCUT2D eigenvalue weighted by molar-refractivity contribution is 5.90. The molecule has 384 valence electrons. The summed E-state index contributed by atoms with van der Waals surface area (Å²) < 4.78 is 54.6. The van der Waals surface area contributed by atoms with E-state index in [2.05, 4.69) is 21.3 Å². The number of aliphatic hydroxyl groups is 4. The molecule has 2 saturated heterocycles. The molecule has 9 N–H and O–H groups in total. The van der Waals surface area contributed by atoms with Crippen molar-refractivity contribution in [3.8, 4) is 0 Å². The number of unbranched alkanes of at least 4 members (excludes halogenated alkanes) is 2. The number of hydrogen-bond acceptors (Lipinski definition) is 19. The van der Waals surface area contributed by atoms with Crippen molar-refractivity contribution in [3.63, 3.8) is 0 Å². The Bertz CT molecular complexity index is 1330. The van der Waals surface area contributed by atoms with Crippen molar-refractivity contribution < 1.29 is 96.9 Å². The summed E-state index contributed by atoms with van der Waals surface area (Å²) >= 11 is 0. The van der Waals surface area contributed by atoms with Crippen LogP contribution in [0.2, 0.25) is 0 Å². The second kappa shape index (κ2) is 36.8. The predicted molar refractivity (Wildman–Crippen MR) is 230 cm³/mol. The Hall–Kier alpha value is -3.21. The zero-order chi connectivity index (χ0) is 48.4. The maximum absolute atomic E-state index is 13.3. The van der Waals surface area contributed by atoms with Gasteiger partial charge in [-0.15, -0.1) is 0 Å². The van der Waals surface area contributed by atoms with E-state index in [1.807, 2.05) is 0 Å². The monoisotopic (exact) mass is 957 g/mol. The van der Waals surface area contributed by atoms with Gasteiger partial charge >= 0.3 is 5.97 Å². The molecule has 0 saturated carbocycles. The summed E-state index contributed by atoms with van der Waals surface area (Å²) in [7, 11) is 0. The highest BCUT2D eigenvalue weighted by Crippen LogP contribution is 2.21. The molecule has 9 atom stereocenters. The molecule has 0 aliphatic carbocycles. The van der Waals surface area contributed by atoms with E-state index in [-0.39, 0.29) is 110 Å². The zero-order valence-electron chi connectivity index (χ0n) is 38.4. The van der Waals surface area contributed by atoms with E-state index < -0.39 is 73.1 Å². The molecule has 0 radical (unpaired) electrons. The van der Waals surface area contributed by atoms with Gasteiger partial charge in [0.05, 0.1) is 104 Å². The largest absolute Gasteiger partial charge is 0.480 e. The smallest absolute Gasteiger partial charge is 0.326 e. The highest BCUT2D eigenvalue weighted by Gasteiger charge is 2.34. The fraction of sp³-hybridized carbons (Fsp3) is 0.881. The molecule has 2 heterocycles. The number of carbonyl (C=O) groups excluding carboxylic acids is 4. The van der Waals surface area contributed by atoms with Gasteiger partial charge in [0.25, 0.3) is 0 Å². The van der Waals surface area contributed by atoms with Crippen LogP contribution in [0.3, 0.4) is 0 Å². The predicted octanol–water partition coefficient (Wildman–Crippen LogP) is -2.52. The summed E-state index contributed by atoms with van der Waals surface area (Å²) in [5, 5.41) is 58.2. The summed E-state index contributed by atoms with van der Waals surface area (Å²) in [6, 6.07) is -2.36. The molecule has 0 spiro atoms. The maximum Gasteiger partial charge on any atom is 0.326 e. The Balaban J connectivity index is 1.56. The molecule has 24 heteroatoms. The first-order chi connectivity index (χ1) is 31.8. The summed E-state index contributed by atoms with van der Waals surface area (Å²) in [4.78, 5) is 61.5. The second-order valence-electron chi connectivity index (χ2n) is 15.6. The lowest BCUT2D eigenvalue weighted by Gasteiger charge is -2.35. The lowest BCUT2D eigenvalue weighted by molar-refractivity contribution is -0.248. The number of aliphatic hydroxyl groups excluding tert-OH is 4. The van der Waals surface area contributed by atoms with Crippen LogP contribution in [0.5, 0.6) is 0 Å². The first-order valence-electron chi connectivity index (χ1n) is 22.8. The number of amides is 4.